The topological polar surface area (TPSA) is 54.4 Å². The zero-order valence-corrected chi connectivity index (χ0v) is 10.2. The largest absolute Gasteiger partial charge is 1.00 e. The fourth-order valence-corrected chi connectivity index (χ4v) is 0. The summed E-state index contributed by atoms with van der Waals surface area (Å²) < 4.78 is 26.9. The van der Waals surface area contributed by atoms with E-state index in [0.29, 0.717) is 0 Å². The zero-order chi connectivity index (χ0) is 5.21. The van der Waals surface area contributed by atoms with Crippen LogP contribution >= 0.6 is 0 Å². The number of rotatable bonds is 1. The standard InChI is InChI=1S/C2H6O3S.2Na.2H/c1-2-6(3,4)5;;;;/h2H2,1H3,(H,3,4,5);;;;/q;2*+1;2*-1. The van der Waals surface area contributed by atoms with Gasteiger partial charge < -0.3 is 2.85 Å². The minimum absolute atomic E-state index is 0. The summed E-state index contributed by atoms with van der Waals surface area (Å²) in [5, 5.41) is 0. The van der Waals surface area contributed by atoms with Gasteiger partial charge in [-0.15, -0.1) is 0 Å². The maximum Gasteiger partial charge on any atom is 1.00 e. The van der Waals surface area contributed by atoms with E-state index >= 15 is 0 Å². The van der Waals surface area contributed by atoms with Crippen LogP contribution in [0.25, 0.3) is 0 Å². The van der Waals surface area contributed by atoms with Crippen molar-refractivity contribution in [3.05, 3.63) is 0 Å². The molecule has 0 aromatic carbocycles. The van der Waals surface area contributed by atoms with Crippen LogP contribution in [0.15, 0.2) is 0 Å². The summed E-state index contributed by atoms with van der Waals surface area (Å²) in [6.45, 7) is 1.37. The second-order valence-corrected chi connectivity index (χ2v) is 2.61. The van der Waals surface area contributed by atoms with Gasteiger partial charge >= 0.3 is 59.1 Å². The Morgan fingerprint density at radius 3 is 1.62 bits per heavy atom. The van der Waals surface area contributed by atoms with Gasteiger partial charge in [-0.2, -0.15) is 8.42 Å². The van der Waals surface area contributed by atoms with E-state index in [9.17, 15) is 8.42 Å². The molecule has 0 rings (SSSR count). The van der Waals surface area contributed by atoms with E-state index < -0.39 is 10.1 Å². The van der Waals surface area contributed by atoms with E-state index in [2.05, 4.69) is 0 Å². The van der Waals surface area contributed by atoms with Gasteiger partial charge in [0.05, 0.1) is 5.75 Å². The Morgan fingerprint density at radius 2 is 1.62 bits per heavy atom. The van der Waals surface area contributed by atoms with Crippen molar-refractivity contribution in [2.45, 2.75) is 6.92 Å². The predicted molar refractivity (Wildman–Crippen MR) is 24.3 cm³/mol. The normalized spacial score (nSPS) is 8.75. The Balaban J connectivity index is -0.0000000208. The summed E-state index contributed by atoms with van der Waals surface area (Å²) in [7, 11) is -3.66. The Hall–Kier alpha value is 1.91. The molecular weight excluding hydrogens is 150 g/mol. The fraction of sp³-hybridized carbons (Fsp3) is 1.00. The van der Waals surface area contributed by atoms with Crippen LogP contribution in [0.3, 0.4) is 0 Å². The molecule has 0 aromatic heterocycles. The molecule has 8 heavy (non-hydrogen) atoms. The summed E-state index contributed by atoms with van der Waals surface area (Å²) >= 11 is 0. The minimum atomic E-state index is -3.66. The molecule has 6 heteroatoms. The van der Waals surface area contributed by atoms with E-state index in [-0.39, 0.29) is 67.7 Å². The third-order valence-electron chi connectivity index (χ3n) is 0.365. The third-order valence-corrected chi connectivity index (χ3v) is 1.09. The second-order valence-electron chi connectivity index (χ2n) is 0.871. The van der Waals surface area contributed by atoms with Crippen LogP contribution in [0.2, 0.25) is 0 Å². The molecule has 0 atom stereocenters. The molecule has 0 aliphatic carbocycles. The SMILES string of the molecule is CCS(=O)(=O)O.[H-].[H-].[Na+].[Na+]. The van der Waals surface area contributed by atoms with Crippen molar-refractivity contribution in [3.8, 4) is 0 Å². The summed E-state index contributed by atoms with van der Waals surface area (Å²) in [4.78, 5) is 0. The summed E-state index contributed by atoms with van der Waals surface area (Å²) in [6.07, 6.45) is 0. The molecule has 0 fully saturated rings. The van der Waals surface area contributed by atoms with Crippen molar-refractivity contribution >= 4 is 10.1 Å². The van der Waals surface area contributed by atoms with Crippen LogP contribution in [-0.2, 0) is 10.1 Å². The van der Waals surface area contributed by atoms with Crippen LogP contribution in [-0.4, -0.2) is 18.7 Å². The molecule has 0 aromatic rings. The zero-order valence-electron chi connectivity index (χ0n) is 7.38. The Bertz CT molecular complexity index is 124. The Morgan fingerprint density at radius 1 is 1.50 bits per heavy atom. The molecule has 0 aliphatic rings. The first-order valence-electron chi connectivity index (χ1n) is 1.51. The van der Waals surface area contributed by atoms with E-state index in [1.54, 1.807) is 0 Å². The quantitative estimate of drug-likeness (QED) is 0.305. The van der Waals surface area contributed by atoms with Crippen LogP contribution < -0.4 is 59.1 Å². The van der Waals surface area contributed by atoms with Crippen molar-refractivity contribution in [2.75, 3.05) is 5.75 Å². The van der Waals surface area contributed by atoms with E-state index in [4.69, 9.17) is 4.55 Å². The Labute approximate surface area is 96.5 Å². The molecule has 0 bridgehead atoms. The first-order valence-corrected chi connectivity index (χ1v) is 3.12. The molecule has 42 valence electrons. The van der Waals surface area contributed by atoms with Gasteiger partial charge in [0, 0.05) is 0 Å². The van der Waals surface area contributed by atoms with Crippen LogP contribution in [0.5, 0.6) is 0 Å². The van der Waals surface area contributed by atoms with Crippen molar-refractivity contribution in [2.24, 2.45) is 0 Å². The van der Waals surface area contributed by atoms with Gasteiger partial charge in [0.25, 0.3) is 10.1 Å². The van der Waals surface area contributed by atoms with Crippen LogP contribution in [0.4, 0.5) is 0 Å². The average molecular weight is 158 g/mol. The molecule has 0 saturated heterocycles. The first kappa shape index (κ1) is 16.5. The monoisotopic (exact) mass is 158 g/mol. The summed E-state index contributed by atoms with van der Waals surface area (Å²) in [5.41, 5.74) is 0. The second kappa shape index (κ2) is 7.02. The molecular formula is C2H8Na2O3S. The van der Waals surface area contributed by atoms with Gasteiger partial charge in [-0.3, -0.25) is 4.55 Å². The van der Waals surface area contributed by atoms with Crippen molar-refractivity contribution < 1.29 is 74.9 Å². The van der Waals surface area contributed by atoms with Crippen LogP contribution in [0, 0.1) is 0 Å². The van der Waals surface area contributed by atoms with E-state index in [1.165, 1.54) is 6.92 Å². The van der Waals surface area contributed by atoms with Gasteiger partial charge in [-0.05, 0) is 6.92 Å². The maximum atomic E-state index is 9.56. The number of hydrogen-bond donors (Lipinski definition) is 1. The minimum Gasteiger partial charge on any atom is -1.00 e. The predicted octanol–water partition coefficient (Wildman–Crippen LogP) is -5.87. The van der Waals surface area contributed by atoms with Crippen molar-refractivity contribution in [1.82, 2.24) is 0 Å². The van der Waals surface area contributed by atoms with E-state index in [1.807, 2.05) is 0 Å². The molecule has 3 nitrogen and oxygen atoms in total. The molecule has 0 saturated carbocycles. The van der Waals surface area contributed by atoms with Gasteiger partial charge in [-0.25, -0.2) is 0 Å². The molecule has 0 aliphatic heterocycles. The molecule has 0 spiro atoms. The van der Waals surface area contributed by atoms with Gasteiger partial charge in [0.2, 0.25) is 0 Å². The fourth-order valence-electron chi connectivity index (χ4n) is 0. The molecule has 0 unspecified atom stereocenters. The van der Waals surface area contributed by atoms with Crippen LogP contribution in [0.1, 0.15) is 9.78 Å². The molecule has 0 amide bonds. The van der Waals surface area contributed by atoms with E-state index in [0.717, 1.165) is 0 Å². The van der Waals surface area contributed by atoms with Gasteiger partial charge in [-0.1, -0.05) is 0 Å². The van der Waals surface area contributed by atoms with Gasteiger partial charge in [0.15, 0.2) is 0 Å². The molecule has 0 heterocycles. The first-order chi connectivity index (χ1) is 2.56. The smallest absolute Gasteiger partial charge is 1.00 e. The van der Waals surface area contributed by atoms with Crippen molar-refractivity contribution in [3.63, 3.8) is 0 Å². The maximum absolute atomic E-state index is 9.56. The third kappa shape index (κ3) is 15.7. The van der Waals surface area contributed by atoms with Crippen molar-refractivity contribution in [1.29, 1.82) is 0 Å². The average Bonchev–Trinajstić information content (AvgIpc) is 1.35. The number of hydrogen-bond acceptors (Lipinski definition) is 2. The Kier molecular flexibility index (Phi) is 14.5. The molecule has 1 N–H and O–H groups in total. The van der Waals surface area contributed by atoms with Gasteiger partial charge in [0.1, 0.15) is 0 Å². The summed E-state index contributed by atoms with van der Waals surface area (Å²) in [6, 6.07) is 0. The molecule has 0 radical (unpaired) electrons. The summed E-state index contributed by atoms with van der Waals surface area (Å²) in [5.74, 6) is -0.201.